The summed E-state index contributed by atoms with van der Waals surface area (Å²) in [6, 6.07) is 13.1. The first-order chi connectivity index (χ1) is 10.1. The summed E-state index contributed by atoms with van der Waals surface area (Å²) in [6.07, 6.45) is 0.811. The lowest BCUT2D eigenvalue weighted by molar-refractivity contribution is 0.0933. The van der Waals surface area contributed by atoms with Gasteiger partial charge in [-0.05, 0) is 45.8 Å². The van der Waals surface area contributed by atoms with Crippen molar-refractivity contribution in [2.24, 2.45) is 0 Å². The van der Waals surface area contributed by atoms with Crippen molar-refractivity contribution in [3.63, 3.8) is 0 Å². The second-order valence-corrected chi connectivity index (χ2v) is 5.85. The van der Waals surface area contributed by atoms with E-state index < -0.39 is 0 Å². The number of amides is 1. The third kappa shape index (κ3) is 3.03. The lowest BCUT2D eigenvalue weighted by atomic mass is 10.1. The molecule has 0 aromatic heterocycles. The molecule has 0 spiro atoms. The van der Waals surface area contributed by atoms with Crippen molar-refractivity contribution in [1.82, 2.24) is 5.32 Å². The Kier molecular flexibility index (Phi) is 3.84. The van der Waals surface area contributed by atoms with Crippen LogP contribution in [-0.2, 0) is 6.42 Å². The number of nitrogen functional groups attached to an aromatic ring is 1. The molecule has 1 amide bonds. The van der Waals surface area contributed by atoms with Gasteiger partial charge in [-0.2, -0.15) is 0 Å². The van der Waals surface area contributed by atoms with Gasteiger partial charge in [-0.15, -0.1) is 0 Å². The van der Waals surface area contributed by atoms with Crippen LogP contribution in [0.2, 0.25) is 0 Å². The minimum absolute atomic E-state index is 0.0106. The Morgan fingerprint density at radius 1 is 1.33 bits per heavy atom. The van der Waals surface area contributed by atoms with E-state index in [9.17, 15) is 4.79 Å². The fraction of sp³-hybridized carbons (Fsp3) is 0.188. The first-order valence-corrected chi connectivity index (χ1v) is 7.50. The molecule has 0 saturated heterocycles. The number of nitrogens with one attached hydrogen (secondary N) is 1. The van der Waals surface area contributed by atoms with Crippen LogP contribution in [0.4, 0.5) is 5.69 Å². The summed E-state index contributed by atoms with van der Waals surface area (Å²) in [5.41, 5.74) is 8.09. The van der Waals surface area contributed by atoms with Gasteiger partial charge < -0.3 is 15.8 Å². The van der Waals surface area contributed by atoms with Gasteiger partial charge in [0.25, 0.3) is 5.91 Å². The average molecular weight is 347 g/mol. The zero-order valence-corrected chi connectivity index (χ0v) is 12.9. The van der Waals surface area contributed by atoms with E-state index in [-0.39, 0.29) is 12.0 Å². The third-order valence-electron chi connectivity index (χ3n) is 3.47. The number of para-hydroxylation sites is 1. The van der Waals surface area contributed by atoms with Crippen molar-refractivity contribution < 1.29 is 9.53 Å². The number of anilines is 1. The highest BCUT2D eigenvalue weighted by atomic mass is 79.9. The monoisotopic (exact) mass is 346 g/mol. The number of carbonyl (C=O) groups is 1. The molecule has 1 unspecified atom stereocenters. The number of benzene rings is 2. The minimum atomic E-state index is -0.129. The molecular weight excluding hydrogens is 332 g/mol. The number of carbonyl (C=O) groups excluding carboxylic acids is 1. The van der Waals surface area contributed by atoms with Crippen molar-refractivity contribution in [2.75, 3.05) is 12.3 Å². The predicted molar refractivity (Wildman–Crippen MR) is 85.4 cm³/mol. The number of nitrogens with two attached hydrogens (primary N) is 1. The fourth-order valence-corrected chi connectivity index (χ4v) is 2.72. The van der Waals surface area contributed by atoms with Crippen LogP contribution >= 0.6 is 15.9 Å². The molecule has 2 aromatic carbocycles. The molecule has 0 fully saturated rings. The maximum absolute atomic E-state index is 12.1. The van der Waals surface area contributed by atoms with Crippen LogP contribution in [0.3, 0.4) is 0 Å². The summed E-state index contributed by atoms with van der Waals surface area (Å²) in [5, 5.41) is 2.90. The summed E-state index contributed by atoms with van der Waals surface area (Å²) < 4.78 is 6.51. The van der Waals surface area contributed by atoms with Crippen LogP contribution in [0.25, 0.3) is 0 Å². The molecule has 2 aromatic rings. The maximum Gasteiger partial charge on any atom is 0.251 e. The number of hydrogen-bond acceptors (Lipinski definition) is 3. The van der Waals surface area contributed by atoms with Gasteiger partial charge in [0.1, 0.15) is 11.9 Å². The Morgan fingerprint density at radius 2 is 2.14 bits per heavy atom. The molecule has 108 valence electrons. The predicted octanol–water partition coefficient (Wildman–Crippen LogP) is 2.76. The largest absolute Gasteiger partial charge is 0.488 e. The molecule has 0 saturated carbocycles. The molecule has 3 N–H and O–H groups in total. The molecule has 1 aliphatic rings. The topological polar surface area (TPSA) is 64.4 Å². The Bertz CT molecular complexity index is 663. The summed E-state index contributed by atoms with van der Waals surface area (Å²) in [7, 11) is 0. The average Bonchev–Trinajstić information content (AvgIpc) is 2.90. The van der Waals surface area contributed by atoms with Crippen molar-refractivity contribution in [1.29, 1.82) is 0 Å². The lowest BCUT2D eigenvalue weighted by Gasteiger charge is -2.12. The molecule has 1 atom stereocenters. The summed E-state index contributed by atoms with van der Waals surface area (Å²) in [4.78, 5) is 12.1. The molecule has 0 bridgehead atoms. The van der Waals surface area contributed by atoms with E-state index in [0.29, 0.717) is 17.8 Å². The molecule has 1 heterocycles. The standard InChI is InChI=1S/C16H15BrN2O2/c17-13-8-11(5-6-14(13)18)16(20)19-9-12-7-10-3-1-2-4-15(10)21-12/h1-6,8,12H,7,9,18H2,(H,19,20). The number of ether oxygens (including phenoxy) is 1. The van der Waals surface area contributed by atoms with Crippen molar-refractivity contribution in [3.8, 4) is 5.75 Å². The molecule has 5 heteroatoms. The second kappa shape index (κ2) is 5.77. The third-order valence-corrected chi connectivity index (χ3v) is 4.15. The van der Waals surface area contributed by atoms with Gasteiger partial charge in [-0.25, -0.2) is 0 Å². The Balaban J connectivity index is 1.59. The first-order valence-electron chi connectivity index (χ1n) is 6.71. The van der Waals surface area contributed by atoms with Gasteiger partial charge >= 0.3 is 0 Å². The first kappa shape index (κ1) is 13.9. The highest BCUT2D eigenvalue weighted by molar-refractivity contribution is 9.10. The minimum Gasteiger partial charge on any atom is -0.488 e. The van der Waals surface area contributed by atoms with E-state index in [4.69, 9.17) is 10.5 Å². The summed E-state index contributed by atoms with van der Waals surface area (Å²) in [6.45, 7) is 0.482. The summed E-state index contributed by atoms with van der Waals surface area (Å²) in [5.74, 6) is 0.780. The van der Waals surface area contributed by atoms with Crippen LogP contribution in [0.5, 0.6) is 5.75 Å². The molecule has 0 radical (unpaired) electrons. The van der Waals surface area contributed by atoms with E-state index in [2.05, 4.69) is 21.2 Å². The van der Waals surface area contributed by atoms with E-state index >= 15 is 0 Å². The number of halogens is 1. The quantitative estimate of drug-likeness (QED) is 0.840. The lowest BCUT2D eigenvalue weighted by Crippen LogP contribution is -2.34. The SMILES string of the molecule is Nc1ccc(C(=O)NCC2Cc3ccccc3O2)cc1Br. The highest BCUT2D eigenvalue weighted by Crippen LogP contribution is 2.27. The van der Waals surface area contributed by atoms with Gasteiger partial charge in [0.2, 0.25) is 0 Å². The van der Waals surface area contributed by atoms with Gasteiger partial charge in [-0.1, -0.05) is 18.2 Å². The zero-order valence-electron chi connectivity index (χ0n) is 11.3. The van der Waals surface area contributed by atoms with E-state index in [1.54, 1.807) is 18.2 Å². The Morgan fingerprint density at radius 3 is 2.90 bits per heavy atom. The molecule has 0 aliphatic carbocycles. The number of rotatable bonds is 3. The smallest absolute Gasteiger partial charge is 0.251 e. The normalized spacial score (nSPS) is 16.1. The van der Waals surface area contributed by atoms with Crippen molar-refractivity contribution in [3.05, 3.63) is 58.1 Å². The zero-order chi connectivity index (χ0) is 14.8. The Hall–Kier alpha value is -2.01. The van der Waals surface area contributed by atoms with Crippen LogP contribution < -0.4 is 15.8 Å². The highest BCUT2D eigenvalue weighted by Gasteiger charge is 2.22. The number of hydrogen-bond donors (Lipinski definition) is 2. The van der Waals surface area contributed by atoms with Gasteiger partial charge in [-0.3, -0.25) is 4.79 Å². The molecule has 3 rings (SSSR count). The van der Waals surface area contributed by atoms with E-state index in [1.807, 2.05) is 24.3 Å². The van der Waals surface area contributed by atoms with Gasteiger partial charge in [0, 0.05) is 22.1 Å². The second-order valence-electron chi connectivity index (χ2n) is 5.00. The Labute approximate surface area is 131 Å². The molecule has 1 aliphatic heterocycles. The van der Waals surface area contributed by atoms with E-state index in [0.717, 1.165) is 16.6 Å². The van der Waals surface area contributed by atoms with Crippen LogP contribution in [0.1, 0.15) is 15.9 Å². The molecule has 4 nitrogen and oxygen atoms in total. The fourth-order valence-electron chi connectivity index (χ4n) is 2.34. The molecule has 21 heavy (non-hydrogen) atoms. The van der Waals surface area contributed by atoms with Crippen molar-refractivity contribution in [2.45, 2.75) is 12.5 Å². The van der Waals surface area contributed by atoms with Crippen LogP contribution in [0.15, 0.2) is 46.9 Å². The molecular formula is C16H15BrN2O2. The van der Waals surface area contributed by atoms with Crippen LogP contribution in [-0.4, -0.2) is 18.6 Å². The van der Waals surface area contributed by atoms with Crippen molar-refractivity contribution >= 4 is 27.5 Å². The number of fused-ring (bicyclic) bond motifs is 1. The summed E-state index contributed by atoms with van der Waals surface area (Å²) >= 11 is 3.32. The van der Waals surface area contributed by atoms with E-state index in [1.165, 1.54) is 5.56 Å². The maximum atomic E-state index is 12.1. The van der Waals surface area contributed by atoms with Gasteiger partial charge in [0.05, 0.1) is 6.54 Å². The van der Waals surface area contributed by atoms with Crippen LogP contribution in [0, 0.1) is 0 Å². The van der Waals surface area contributed by atoms with Gasteiger partial charge in [0.15, 0.2) is 0 Å².